The molecule has 1 atom stereocenters. The maximum absolute atomic E-state index is 11.4. The first-order valence-corrected chi connectivity index (χ1v) is 5.37. The molecule has 1 aliphatic heterocycles. The molecule has 1 fully saturated rings. The maximum Gasteiger partial charge on any atom is 0.286 e. The van der Waals surface area contributed by atoms with E-state index in [4.69, 9.17) is 0 Å². The predicted molar refractivity (Wildman–Crippen MR) is 53.6 cm³/mol. The predicted octanol–water partition coefficient (Wildman–Crippen LogP) is 2.16. The van der Waals surface area contributed by atoms with Crippen LogP contribution < -0.4 is 5.32 Å². The lowest BCUT2D eigenvalue weighted by molar-refractivity contribution is -0.120. The first-order chi connectivity index (χ1) is 5.97. The Hall–Kier alpha value is -0.510. The minimum Gasteiger partial charge on any atom is -0.286 e. The SMILES string of the molecule is CCCC(C)(C)C1SC(=O)NC1=O. The Morgan fingerprint density at radius 2 is 2.08 bits per heavy atom. The molecule has 3 nitrogen and oxygen atoms in total. The number of amides is 2. The molecular formula is C9H15NO2S. The number of rotatable bonds is 3. The molecule has 0 aromatic heterocycles. The smallest absolute Gasteiger partial charge is 0.286 e. The lowest BCUT2D eigenvalue weighted by atomic mass is 9.84. The second-order valence-electron chi connectivity index (χ2n) is 4.01. The van der Waals surface area contributed by atoms with E-state index < -0.39 is 0 Å². The van der Waals surface area contributed by atoms with Crippen molar-refractivity contribution in [2.45, 2.75) is 38.9 Å². The Balaban J connectivity index is 2.71. The Bertz CT molecular complexity index is 238. The topological polar surface area (TPSA) is 46.2 Å². The molecule has 0 radical (unpaired) electrons. The fraction of sp³-hybridized carbons (Fsp3) is 0.778. The quantitative estimate of drug-likeness (QED) is 0.761. The van der Waals surface area contributed by atoms with Crippen LogP contribution in [-0.2, 0) is 4.79 Å². The van der Waals surface area contributed by atoms with E-state index in [1.54, 1.807) is 0 Å². The zero-order valence-electron chi connectivity index (χ0n) is 8.22. The van der Waals surface area contributed by atoms with E-state index in [1.165, 1.54) is 0 Å². The first kappa shape index (κ1) is 10.6. The van der Waals surface area contributed by atoms with Crippen molar-refractivity contribution in [3.63, 3.8) is 0 Å². The summed E-state index contributed by atoms with van der Waals surface area (Å²) in [5, 5.41) is 1.90. The summed E-state index contributed by atoms with van der Waals surface area (Å²) in [6.45, 7) is 6.15. The normalized spacial score (nSPS) is 23.5. The zero-order valence-corrected chi connectivity index (χ0v) is 9.03. The van der Waals surface area contributed by atoms with Gasteiger partial charge in [-0.2, -0.15) is 0 Å². The third-order valence-electron chi connectivity index (χ3n) is 2.29. The molecule has 0 aliphatic carbocycles. The molecule has 0 aromatic rings. The monoisotopic (exact) mass is 201 g/mol. The van der Waals surface area contributed by atoms with Crippen molar-refractivity contribution in [3.05, 3.63) is 0 Å². The Kier molecular flexibility index (Phi) is 3.01. The van der Waals surface area contributed by atoms with Crippen molar-refractivity contribution >= 4 is 22.9 Å². The minimum absolute atomic E-state index is 0.0876. The summed E-state index contributed by atoms with van der Waals surface area (Å²) >= 11 is 1.12. The van der Waals surface area contributed by atoms with E-state index in [0.717, 1.165) is 24.6 Å². The van der Waals surface area contributed by atoms with Crippen LogP contribution in [0.15, 0.2) is 0 Å². The summed E-state index contributed by atoms with van der Waals surface area (Å²) in [5.41, 5.74) is -0.0876. The molecule has 1 heterocycles. The molecule has 2 amide bonds. The Labute approximate surface area is 82.6 Å². The van der Waals surface area contributed by atoms with Gasteiger partial charge in [-0.3, -0.25) is 14.9 Å². The average molecular weight is 201 g/mol. The van der Waals surface area contributed by atoms with Gasteiger partial charge in [0.15, 0.2) is 0 Å². The second kappa shape index (κ2) is 3.70. The molecule has 1 saturated heterocycles. The van der Waals surface area contributed by atoms with Crippen molar-refractivity contribution in [1.82, 2.24) is 5.32 Å². The van der Waals surface area contributed by atoms with Crippen molar-refractivity contribution in [2.24, 2.45) is 5.41 Å². The van der Waals surface area contributed by atoms with Gasteiger partial charge in [0.1, 0.15) is 0 Å². The van der Waals surface area contributed by atoms with Gasteiger partial charge in [0.2, 0.25) is 5.91 Å². The van der Waals surface area contributed by atoms with Crippen LogP contribution in [0.2, 0.25) is 0 Å². The minimum atomic E-state index is -0.209. The van der Waals surface area contributed by atoms with Gasteiger partial charge < -0.3 is 0 Å². The standard InChI is InChI=1S/C9H15NO2S/c1-4-5-9(2,3)6-7(11)10-8(12)13-6/h6H,4-5H2,1-3H3,(H,10,11,12). The van der Waals surface area contributed by atoms with Gasteiger partial charge in [-0.15, -0.1) is 0 Å². The third kappa shape index (κ3) is 2.24. The van der Waals surface area contributed by atoms with Gasteiger partial charge in [0, 0.05) is 0 Å². The highest BCUT2D eigenvalue weighted by Gasteiger charge is 2.42. The van der Waals surface area contributed by atoms with Crippen LogP contribution in [0.3, 0.4) is 0 Å². The second-order valence-corrected chi connectivity index (χ2v) is 5.09. The van der Waals surface area contributed by atoms with Gasteiger partial charge in [-0.25, -0.2) is 0 Å². The van der Waals surface area contributed by atoms with Gasteiger partial charge in [-0.05, 0) is 11.8 Å². The largest absolute Gasteiger partial charge is 0.286 e. The number of imide groups is 1. The van der Waals surface area contributed by atoms with E-state index in [1.807, 2.05) is 13.8 Å². The molecule has 13 heavy (non-hydrogen) atoms. The molecule has 1 N–H and O–H groups in total. The fourth-order valence-electron chi connectivity index (χ4n) is 1.65. The Morgan fingerprint density at radius 3 is 2.46 bits per heavy atom. The van der Waals surface area contributed by atoms with Crippen LogP contribution in [0.4, 0.5) is 4.79 Å². The summed E-state index contributed by atoms with van der Waals surface area (Å²) in [6, 6.07) is 0. The maximum atomic E-state index is 11.4. The molecule has 1 aliphatic rings. The highest BCUT2D eigenvalue weighted by Crippen LogP contribution is 2.38. The van der Waals surface area contributed by atoms with E-state index >= 15 is 0 Å². The van der Waals surface area contributed by atoms with Gasteiger partial charge >= 0.3 is 0 Å². The van der Waals surface area contributed by atoms with E-state index in [2.05, 4.69) is 12.2 Å². The van der Waals surface area contributed by atoms with Crippen molar-refractivity contribution < 1.29 is 9.59 Å². The van der Waals surface area contributed by atoms with Crippen LogP contribution in [0.5, 0.6) is 0 Å². The molecule has 0 saturated carbocycles. The molecule has 1 rings (SSSR count). The fourth-order valence-corrected chi connectivity index (χ4v) is 2.62. The lowest BCUT2D eigenvalue weighted by Gasteiger charge is -2.27. The lowest BCUT2D eigenvalue weighted by Crippen LogP contribution is -2.35. The molecule has 4 heteroatoms. The molecular weight excluding hydrogens is 186 g/mol. The number of hydrogen-bond acceptors (Lipinski definition) is 3. The number of hydrogen-bond donors (Lipinski definition) is 1. The summed E-state index contributed by atoms with van der Waals surface area (Å²) in [6.07, 6.45) is 2.00. The molecule has 1 unspecified atom stereocenters. The van der Waals surface area contributed by atoms with Crippen molar-refractivity contribution in [2.75, 3.05) is 0 Å². The zero-order chi connectivity index (χ0) is 10.1. The number of carbonyl (C=O) groups is 2. The summed E-state index contributed by atoms with van der Waals surface area (Å²) in [7, 11) is 0. The molecule has 0 spiro atoms. The van der Waals surface area contributed by atoms with Gasteiger partial charge in [-0.1, -0.05) is 39.0 Å². The summed E-state index contributed by atoms with van der Waals surface area (Å²) in [5.74, 6) is -0.131. The third-order valence-corrected chi connectivity index (χ3v) is 3.70. The highest BCUT2D eigenvalue weighted by molar-refractivity contribution is 8.15. The number of nitrogens with one attached hydrogen (secondary N) is 1. The summed E-state index contributed by atoms with van der Waals surface area (Å²) in [4.78, 5) is 22.3. The van der Waals surface area contributed by atoms with Crippen LogP contribution in [0, 0.1) is 5.41 Å². The highest BCUT2D eigenvalue weighted by atomic mass is 32.2. The van der Waals surface area contributed by atoms with Crippen LogP contribution >= 0.6 is 11.8 Å². The van der Waals surface area contributed by atoms with Crippen LogP contribution in [0.25, 0.3) is 0 Å². The molecule has 74 valence electrons. The van der Waals surface area contributed by atoms with Crippen LogP contribution in [0.1, 0.15) is 33.6 Å². The van der Waals surface area contributed by atoms with E-state index in [9.17, 15) is 9.59 Å². The first-order valence-electron chi connectivity index (χ1n) is 4.49. The van der Waals surface area contributed by atoms with Crippen molar-refractivity contribution in [1.29, 1.82) is 0 Å². The average Bonchev–Trinajstić information content (AvgIpc) is 2.30. The summed E-state index contributed by atoms with van der Waals surface area (Å²) < 4.78 is 0. The van der Waals surface area contributed by atoms with Crippen molar-refractivity contribution in [3.8, 4) is 0 Å². The van der Waals surface area contributed by atoms with Gasteiger partial charge in [0.05, 0.1) is 5.25 Å². The molecule has 0 bridgehead atoms. The van der Waals surface area contributed by atoms with Gasteiger partial charge in [0.25, 0.3) is 5.24 Å². The van der Waals surface area contributed by atoms with Crippen LogP contribution in [-0.4, -0.2) is 16.4 Å². The van der Waals surface area contributed by atoms with E-state index in [0.29, 0.717) is 0 Å². The van der Waals surface area contributed by atoms with E-state index in [-0.39, 0.29) is 21.8 Å². The number of thioether (sulfide) groups is 1. The molecule has 0 aromatic carbocycles. The number of carbonyl (C=O) groups excluding carboxylic acids is 2. The Morgan fingerprint density at radius 1 is 1.46 bits per heavy atom.